The summed E-state index contributed by atoms with van der Waals surface area (Å²) in [5.41, 5.74) is 0.526. The zero-order chi connectivity index (χ0) is 13.2. The van der Waals surface area contributed by atoms with Crippen molar-refractivity contribution in [1.82, 2.24) is 0 Å². The highest BCUT2D eigenvalue weighted by atomic mass is 79.9. The van der Waals surface area contributed by atoms with Crippen LogP contribution in [0.5, 0.6) is 5.75 Å². The second-order valence-corrected chi connectivity index (χ2v) is 4.48. The highest BCUT2D eigenvalue weighted by molar-refractivity contribution is 9.10. The highest BCUT2D eigenvalue weighted by Crippen LogP contribution is 2.22. The molecule has 0 aliphatic carbocycles. The van der Waals surface area contributed by atoms with E-state index < -0.39 is 0 Å². The van der Waals surface area contributed by atoms with E-state index in [0.717, 1.165) is 10.9 Å². The third kappa shape index (κ3) is 5.50. The molecule has 0 saturated heterocycles. The molecule has 0 unspecified atom stereocenters. The first-order valence-electron chi connectivity index (χ1n) is 5.67. The first-order valence-corrected chi connectivity index (χ1v) is 6.46. The van der Waals surface area contributed by atoms with Gasteiger partial charge in [-0.25, -0.2) is 0 Å². The number of halogens is 1. The van der Waals surface area contributed by atoms with Crippen molar-refractivity contribution in [2.75, 3.05) is 33.5 Å². The molecule has 5 heteroatoms. The summed E-state index contributed by atoms with van der Waals surface area (Å²) in [5.74, 6) is 0.576. The van der Waals surface area contributed by atoms with Crippen molar-refractivity contribution in [2.45, 2.75) is 6.42 Å². The second kappa shape index (κ2) is 8.92. The van der Waals surface area contributed by atoms with E-state index in [1.54, 1.807) is 19.2 Å². The average Bonchev–Trinajstić information content (AvgIpc) is 2.38. The quantitative estimate of drug-likeness (QED) is 0.692. The van der Waals surface area contributed by atoms with Gasteiger partial charge in [-0.15, -0.1) is 0 Å². The van der Waals surface area contributed by atoms with Gasteiger partial charge in [0.2, 0.25) is 0 Å². The van der Waals surface area contributed by atoms with Crippen LogP contribution in [0.15, 0.2) is 22.7 Å². The molecule has 0 saturated carbocycles. The molecule has 0 fully saturated rings. The van der Waals surface area contributed by atoms with Crippen molar-refractivity contribution in [1.29, 1.82) is 5.26 Å². The maximum Gasteiger partial charge on any atom is 0.138 e. The van der Waals surface area contributed by atoms with Gasteiger partial charge in [0.05, 0.1) is 12.2 Å². The Morgan fingerprint density at radius 3 is 2.78 bits per heavy atom. The molecular weight excluding hydrogens is 298 g/mol. The largest absolute Gasteiger partial charge is 0.490 e. The van der Waals surface area contributed by atoms with Crippen molar-refractivity contribution in [3.8, 4) is 11.8 Å². The average molecular weight is 314 g/mol. The van der Waals surface area contributed by atoms with E-state index in [-0.39, 0.29) is 0 Å². The van der Waals surface area contributed by atoms with Gasteiger partial charge in [-0.3, -0.25) is 0 Å². The van der Waals surface area contributed by atoms with E-state index in [9.17, 15) is 0 Å². The lowest BCUT2D eigenvalue weighted by molar-refractivity contribution is 0.0806. The summed E-state index contributed by atoms with van der Waals surface area (Å²) < 4.78 is 16.7. The van der Waals surface area contributed by atoms with Gasteiger partial charge in [-0.1, -0.05) is 15.9 Å². The molecule has 0 N–H and O–H groups in total. The maximum atomic E-state index is 8.92. The van der Waals surface area contributed by atoms with Gasteiger partial charge in [0.1, 0.15) is 18.4 Å². The minimum absolute atomic E-state index is 0.429. The summed E-state index contributed by atoms with van der Waals surface area (Å²) in [7, 11) is 1.67. The van der Waals surface area contributed by atoms with Crippen molar-refractivity contribution < 1.29 is 14.2 Å². The number of nitriles is 1. The van der Waals surface area contributed by atoms with E-state index in [2.05, 4.69) is 22.0 Å². The first-order chi connectivity index (χ1) is 8.77. The predicted molar refractivity (Wildman–Crippen MR) is 71.7 cm³/mol. The van der Waals surface area contributed by atoms with E-state index in [1.165, 1.54) is 0 Å². The van der Waals surface area contributed by atoms with Crippen LogP contribution >= 0.6 is 15.9 Å². The molecule has 1 aromatic carbocycles. The number of benzene rings is 1. The Morgan fingerprint density at radius 2 is 2.06 bits per heavy atom. The summed E-state index contributed by atoms with van der Waals surface area (Å²) in [6.07, 6.45) is 0.872. The van der Waals surface area contributed by atoms with Gasteiger partial charge in [-0.05, 0) is 24.6 Å². The second-order valence-electron chi connectivity index (χ2n) is 3.56. The first kappa shape index (κ1) is 15.0. The number of hydrogen-bond acceptors (Lipinski definition) is 4. The Balaban J connectivity index is 2.27. The van der Waals surface area contributed by atoms with Crippen LogP contribution in [0.3, 0.4) is 0 Å². The lowest BCUT2D eigenvalue weighted by Crippen LogP contribution is -2.09. The van der Waals surface area contributed by atoms with Gasteiger partial charge < -0.3 is 14.2 Å². The van der Waals surface area contributed by atoms with Crippen molar-refractivity contribution in [2.24, 2.45) is 0 Å². The van der Waals surface area contributed by atoms with Crippen molar-refractivity contribution >= 4 is 15.9 Å². The summed E-state index contributed by atoms with van der Waals surface area (Å²) in [5, 5.41) is 8.92. The summed E-state index contributed by atoms with van der Waals surface area (Å²) in [6.45, 7) is 2.28. The third-order valence-electron chi connectivity index (χ3n) is 2.19. The van der Waals surface area contributed by atoms with Crippen LogP contribution in [0, 0.1) is 11.3 Å². The summed E-state index contributed by atoms with van der Waals surface area (Å²) in [4.78, 5) is 0. The maximum absolute atomic E-state index is 8.92. The predicted octanol–water partition coefficient (Wildman–Crippen LogP) is 2.75. The van der Waals surface area contributed by atoms with Crippen LogP contribution in [-0.2, 0) is 9.47 Å². The van der Waals surface area contributed by atoms with Gasteiger partial charge in [-0.2, -0.15) is 5.26 Å². The summed E-state index contributed by atoms with van der Waals surface area (Å²) in [6, 6.07) is 7.40. The van der Waals surface area contributed by atoms with Gasteiger partial charge in [0.25, 0.3) is 0 Å². The zero-order valence-corrected chi connectivity index (χ0v) is 11.9. The molecule has 0 heterocycles. The van der Waals surface area contributed by atoms with E-state index in [0.29, 0.717) is 37.7 Å². The Morgan fingerprint density at radius 1 is 1.22 bits per heavy atom. The summed E-state index contributed by atoms with van der Waals surface area (Å²) >= 11 is 3.34. The fraction of sp³-hybridized carbons (Fsp3) is 0.462. The van der Waals surface area contributed by atoms with Crippen LogP contribution in [-0.4, -0.2) is 33.5 Å². The minimum Gasteiger partial charge on any atom is -0.490 e. The highest BCUT2D eigenvalue weighted by Gasteiger charge is 2.03. The molecule has 0 aliphatic heterocycles. The van der Waals surface area contributed by atoms with Crippen molar-refractivity contribution in [3.63, 3.8) is 0 Å². The van der Waals surface area contributed by atoms with Crippen LogP contribution in [0.2, 0.25) is 0 Å². The lowest BCUT2D eigenvalue weighted by atomic mass is 10.2. The van der Waals surface area contributed by atoms with Crippen LogP contribution in [0.4, 0.5) is 0 Å². The smallest absolute Gasteiger partial charge is 0.138 e. The molecular formula is C13H16BrNO3. The van der Waals surface area contributed by atoms with Gasteiger partial charge in [0, 0.05) is 24.8 Å². The molecule has 0 bridgehead atoms. The Hall–Kier alpha value is -1.09. The molecule has 0 radical (unpaired) electrons. The number of ether oxygens (including phenoxy) is 3. The fourth-order valence-electron chi connectivity index (χ4n) is 1.33. The molecule has 0 atom stereocenters. The van der Waals surface area contributed by atoms with E-state index in [4.69, 9.17) is 19.5 Å². The Kier molecular flexibility index (Phi) is 7.42. The number of methoxy groups -OCH3 is 1. The van der Waals surface area contributed by atoms with Gasteiger partial charge >= 0.3 is 0 Å². The normalized spacial score (nSPS) is 10.1. The van der Waals surface area contributed by atoms with Crippen LogP contribution in [0.1, 0.15) is 12.0 Å². The number of hydrogen-bond donors (Lipinski definition) is 0. The molecule has 0 aromatic heterocycles. The zero-order valence-electron chi connectivity index (χ0n) is 10.3. The molecule has 0 spiro atoms. The lowest BCUT2D eigenvalue weighted by Gasteiger charge is -2.08. The molecule has 98 valence electrons. The molecule has 4 nitrogen and oxygen atoms in total. The molecule has 1 rings (SSSR count). The molecule has 0 amide bonds. The molecule has 0 aliphatic rings. The minimum atomic E-state index is 0.429. The molecule has 1 aromatic rings. The monoisotopic (exact) mass is 313 g/mol. The number of rotatable bonds is 8. The van der Waals surface area contributed by atoms with E-state index in [1.807, 2.05) is 6.07 Å². The SMILES string of the molecule is COCCCOCCOc1cc(Br)ccc1C#N. The van der Waals surface area contributed by atoms with E-state index >= 15 is 0 Å². The number of nitrogens with zero attached hydrogens (tertiary/aromatic N) is 1. The van der Waals surface area contributed by atoms with Crippen molar-refractivity contribution in [3.05, 3.63) is 28.2 Å². The third-order valence-corrected chi connectivity index (χ3v) is 2.68. The Bertz CT molecular complexity index is 404. The Labute approximate surface area is 116 Å². The van der Waals surface area contributed by atoms with Gasteiger partial charge in [0.15, 0.2) is 0 Å². The van der Waals surface area contributed by atoms with Crippen LogP contribution in [0.25, 0.3) is 0 Å². The fourth-order valence-corrected chi connectivity index (χ4v) is 1.67. The molecule has 18 heavy (non-hydrogen) atoms. The standard InChI is InChI=1S/C13H16BrNO3/c1-16-5-2-6-17-7-8-18-13-9-12(14)4-3-11(13)10-15/h3-4,9H,2,5-8H2,1H3. The van der Waals surface area contributed by atoms with Crippen LogP contribution < -0.4 is 4.74 Å². The topological polar surface area (TPSA) is 51.5 Å².